The van der Waals surface area contributed by atoms with Crippen molar-refractivity contribution in [2.75, 3.05) is 0 Å². The van der Waals surface area contributed by atoms with Crippen LogP contribution in [0.5, 0.6) is 11.5 Å². The van der Waals surface area contributed by atoms with Crippen molar-refractivity contribution in [3.05, 3.63) is 36.4 Å². The first-order valence-corrected chi connectivity index (χ1v) is 4.91. The lowest BCUT2D eigenvalue weighted by atomic mass is 10.1. The monoisotopic (exact) mass is 248 g/mol. The predicted octanol–water partition coefficient (Wildman–Crippen LogP) is 2.95. The minimum atomic E-state index is -1.44. The Morgan fingerprint density at radius 2 is 1.17 bits per heavy atom. The van der Waals surface area contributed by atoms with Crippen LogP contribution < -0.4 is 9.47 Å². The molecule has 0 spiro atoms. The van der Waals surface area contributed by atoms with E-state index < -0.39 is 12.3 Å². The lowest BCUT2D eigenvalue weighted by Crippen LogP contribution is -2.05. The summed E-state index contributed by atoms with van der Waals surface area (Å²) in [4.78, 5) is 21.1. The fourth-order valence-electron chi connectivity index (χ4n) is 1.62. The fourth-order valence-corrected chi connectivity index (χ4v) is 1.62. The zero-order valence-corrected chi connectivity index (χ0v) is 8.99. The number of hydrogen-bond acceptors (Lipinski definition) is 4. The number of ether oxygens (including phenoxy) is 2. The fraction of sp³-hybridized carbons (Fsp3) is 0. The Balaban J connectivity index is 2.57. The van der Waals surface area contributed by atoms with E-state index in [1.54, 1.807) is 24.3 Å². The molecule has 0 unspecified atom stereocenters. The highest BCUT2D eigenvalue weighted by Gasteiger charge is 2.11. The molecule has 6 nitrogen and oxygen atoms in total. The molecule has 0 aromatic heterocycles. The van der Waals surface area contributed by atoms with Crippen molar-refractivity contribution >= 4 is 23.1 Å². The van der Waals surface area contributed by atoms with Crippen molar-refractivity contribution in [2.45, 2.75) is 0 Å². The highest BCUT2D eigenvalue weighted by Crippen LogP contribution is 2.32. The largest absolute Gasteiger partial charge is 0.511 e. The van der Waals surface area contributed by atoms with E-state index >= 15 is 0 Å². The summed E-state index contributed by atoms with van der Waals surface area (Å²) in [5.74, 6) is 0.242. The maximum atomic E-state index is 10.5. The Bertz CT molecular complexity index is 564. The van der Waals surface area contributed by atoms with Gasteiger partial charge in [0, 0.05) is 10.8 Å². The van der Waals surface area contributed by atoms with Crippen LogP contribution >= 0.6 is 0 Å². The molecule has 18 heavy (non-hydrogen) atoms. The number of benzene rings is 2. The predicted molar refractivity (Wildman–Crippen MR) is 61.3 cm³/mol. The molecule has 0 amide bonds. The Labute approximate surface area is 101 Å². The molecule has 0 aliphatic heterocycles. The molecule has 0 saturated heterocycles. The number of rotatable bonds is 2. The number of carboxylic acid groups (broad SMARTS) is 2. The average molecular weight is 248 g/mol. The van der Waals surface area contributed by atoms with Crippen molar-refractivity contribution in [2.24, 2.45) is 0 Å². The third kappa shape index (κ3) is 2.32. The van der Waals surface area contributed by atoms with Gasteiger partial charge in [-0.2, -0.15) is 0 Å². The molecular weight excluding hydrogens is 240 g/mol. The Hall–Kier alpha value is -2.76. The van der Waals surface area contributed by atoms with Gasteiger partial charge in [-0.3, -0.25) is 0 Å². The quantitative estimate of drug-likeness (QED) is 0.626. The third-order valence-electron chi connectivity index (χ3n) is 2.24. The van der Waals surface area contributed by atoms with Crippen molar-refractivity contribution < 1.29 is 29.3 Å². The van der Waals surface area contributed by atoms with Gasteiger partial charge < -0.3 is 19.7 Å². The van der Waals surface area contributed by atoms with Gasteiger partial charge in [0.05, 0.1) is 0 Å². The van der Waals surface area contributed by atoms with Crippen LogP contribution in [0.25, 0.3) is 10.8 Å². The summed E-state index contributed by atoms with van der Waals surface area (Å²) in [5.41, 5.74) is 0. The standard InChI is InChI=1S/C12H8O6/c13-11(14)17-9-5-1-3-7-8(9)4-2-6-10(7)18-12(15)16/h1-6H,(H,13,14)(H,15,16). The number of carbonyl (C=O) groups is 2. The summed E-state index contributed by atoms with van der Waals surface area (Å²) < 4.78 is 9.20. The van der Waals surface area contributed by atoms with E-state index in [9.17, 15) is 9.59 Å². The van der Waals surface area contributed by atoms with Crippen LogP contribution in [0.3, 0.4) is 0 Å². The van der Waals surface area contributed by atoms with E-state index in [2.05, 4.69) is 9.47 Å². The molecule has 2 aromatic carbocycles. The lowest BCUT2D eigenvalue weighted by Gasteiger charge is -2.08. The van der Waals surface area contributed by atoms with Gasteiger partial charge in [0.2, 0.25) is 0 Å². The number of fused-ring (bicyclic) bond motifs is 1. The van der Waals surface area contributed by atoms with Gasteiger partial charge in [-0.1, -0.05) is 24.3 Å². The maximum absolute atomic E-state index is 10.5. The molecule has 0 bridgehead atoms. The summed E-state index contributed by atoms with van der Waals surface area (Å²) in [6.07, 6.45) is -2.88. The first-order valence-electron chi connectivity index (χ1n) is 4.91. The van der Waals surface area contributed by atoms with E-state index in [-0.39, 0.29) is 11.5 Å². The second-order valence-electron chi connectivity index (χ2n) is 3.34. The average Bonchev–Trinajstić information content (AvgIpc) is 2.29. The molecule has 2 aromatic rings. The minimum absolute atomic E-state index is 0.121. The topological polar surface area (TPSA) is 93.1 Å². The zero-order chi connectivity index (χ0) is 13.1. The Kier molecular flexibility index (Phi) is 3.01. The first kappa shape index (κ1) is 11.7. The van der Waals surface area contributed by atoms with Crippen LogP contribution in [0.1, 0.15) is 0 Å². The molecule has 0 heterocycles. The van der Waals surface area contributed by atoms with Crippen LogP contribution in [0.2, 0.25) is 0 Å². The van der Waals surface area contributed by atoms with Crippen LogP contribution in [0, 0.1) is 0 Å². The minimum Gasteiger partial charge on any atom is -0.449 e. The van der Waals surface area contributed by atoms with E-state index in [0.717, 1.165) is 0 Å². The van der Waals surface area contributed by atoms with E-state index in [1.807, 2.05) is 0 Å². The van der Waals surface area contributed by atoms with E-state index in [0.29, 0.717) is 10.8 Å². The first-order chi connectivity index (χ1) is 8.58. The van der Waals surface area contributed by atoms with Crippen molar-refractivity contribution in [1.82, 2.24) is 0 Å². The van der Waals surface area contributed by atoms with Crippen molar-refractivity contribution in [3.63, 3.8) is 0 Å². The molecule has 92 valence electrons. The molecule has 2 rings (SSSR count). The van der Waals surface area contributed by atoms with Gasteiger partial charge in [0.15, 0.2) is 0 Å². The highest BCUT2D eigenvalue weighted by molar-refractivity contribution is 5.94. The Morgan fingerprint density at radius 3 is 1.50 bits per heavy atom. The normalized spacial score (nSPS) is 10.0. The maximum Gasteiger partial charge on any atom is 0.511 e. The van der Waals surface area contributed by atoms with Gasteiger partial charge in [0.1, 0.15) is 11.5 Å². The van der Waals surface area contributed by atoms with Crippen LogP contribution in [-0.4, -0.2) is 22.5 Å². The van der Waals surface area contributed by atoms with Crippen molar-refractivity contribution in [3.8, 4) is 11.5 Å². The smallest absolute Gasteiger partial charge is 0.449 e. The lowest BCUT2D eigenvalue weighted by molar-refractivity contribution is 0.143. The molecule has 0 aliphatic rings. The van der Waals surface area contributed by atoms with Gasteiger partial charge in [0.25, 0.3) is 0 Å². The molecule has 0 radical (unpaired) electrons. The summed E-state index contributed by atoms with van der Waals surface area (Å²) in [5, 5.41) is 18.1. The molecule has 0 aliphatic carbocycles. The molecule has 0 atom stereocenters. The number of hydrogen-bond donors (Lipinski definition) is 2. The van der Waals surface area contributed by atoms with Crippen LogP contribution in [0.4, 0.5) is 9.59 Å². The summed E-state index contributed by atoms with van der Waals surface area (Å²) >= 11 is 0. The SMILES string of the molecule is O=C(O)Oc1cccc2c(OC(=O)O)cccc12. The molecule has 6 heteroatoms. The molecule has 2 N–H and O–H groups in total. The van der Waals surface area contributed by atoms with Gasteiger partial charge >= 0.3 is 12.3 Å². The van der Waals surface area contributed by atoms with Gasteiger partial charge in [-0.25, -0.2) is 9.59 Å². The molecule has 0 fully saturated rings. The van der Waals surface area contributed by atoms with Crippen LogP contribution in [-0.2, 0) is 0 Å². The third-order valence-corrected chi connectivity index (χ3v) is 2.24. The summed E-state index contributed by atoms with van der Waals surface area (Å²) in [7, 11) is 0. The molecule has 0 saturated carbocycles. The highest BCUT2D eigenvalue weighted by atomic mass is 16.7. The Morgan fingerprint density at radius 1 is 0.778 bits per heavy atom. The van der Waals surface area contributed by atoms with Crippen LogP contribution in [0.15, 0.2) is 36.4 Å². The van der Waals surface area contributed by atoms with Gasteiger partial charge in [-0.05, 0) is 12.1 Å². The van der Waals surface area contributed by atoms with Gasteiger partial charge in [-0.15, -0.1) is 0 Å². The van der Waals surface area contributed by atoms with Crippen molar-refractivity contribution in [1.29, 1.82) is 0 Å². The second kappa shape index (κ2) is 4.62. The summed E-state index contributed by atoms with van der Waals surface area (Å²) in [6, 6.07) is 9.28. The van der Waals surface area contributed by atoms with E-state index in [4.69, 9.17) is 10.2 Å². The zero-order valence-electron chi connectivity index (χ0n) is 8.99. The summed E-state index contributed by atoms with van der Waals surface area (Å²) in [6.45, 7) is 0. The second-order valence-corrected chi connectivity index (χ2v) is 3.34. The molecular formula is C12H8O6. The van der Waals surface area contributed by atoms with E-state index in [1.165, 1.54) is 12.1 Å².